The van der Waals surface area contributed by atoms with Crippen LogP contribution in [0, 0.1) is 10.1 Å². The topological polar surface area (TPSA) is 77.1 Å². The average molecular weight is 417 g/mol. The summed E-state index contributed by atoms with van der Waals surface area (Å²) in [5.74, 6) is 0.982. The Morgan fingerprint density at radius 2 is 1.79 bits per heavy atom. The van der Waals surface area contributed by atoms with Gasteiger partial charge in [-0.15, -0.1) is 11.8 Å². The molecular formula is C21H26N3O4S+. The number of amides is 1. The number of ether oxygens (including phenoxy) is 1. The normalized spacial score (nSPS) is 15.7. The molecule has 2 aromatic rings. The van der Waals surface area contributed by atoms with Gasteiger partial charge in [0, 0.05) is 22.6 Å². The zero-order chi connectivity index (χ0) is 20.8. The lowest BCUT2D eigenvalue weighted by molar-refractivity contribution is -0.917. The number of hydrogen-bond acceptors (Lipinski definition) is 5. The van der Waals surface area contributed by atoms with Crippen molar-refractivity contribution in [3.63, 3.8) is 0 Å². The van der Waals surface area contributed by atoms with Gasteiger partial charge in [0.05, 0.1) is 43.5 Å². The van der Waals surface area contributed by atoms with Gasteiger partial charge >= 0.3 is 0 Å². The van der Waals surface area contributed by atoms with Crippen LogP contribution in [0.2, 0.25) is 0 Å². The van der Waals surface area contributed by atoms with Gasteiger partial charge in [0.15, 0.2) is 0 Å². The van der Waals surface area contributed by atoms with Crippen molar-refractivity contribution in [1.82, 2.24) is 4.90 Å². The maximum Gasteiger partial charge on any atom is 0.269 e. The Morgan fingerprint density at radius 1 is 1.17 bits per heavy atom. The monoisotopic (exact) mass is 416 g/mol. The highest BCUT2D eigenvalue weighted by Gasteiger charge is 2.27. The predicted octanol–water partition coefficient (Wildman–Crippen LogP) is 2.01. The van der Waals surface area contributed by atoms with Crippen LogP contribution in [0.4, 0.5) is 5.69 Å². The number of thioether (sulfide) groups is 1. The van der Waals surface area contributed by atoms with Crippen LogP contribution in [0.25, 0.3) is 0 Å². The zero-order valence-corrected chi connectivity index (χ0v) is 17.5. The van der Waals surface area contributed by atoms with Gasteiger partial charge in [0.2, 0.25) is 5.91 Å². The van der Waals surface area contributed by atoms with E-state index < -0.39 is 4.92 Å². The Bertz CT molecular complexity index is 834. The van der Waals surface area contributed by atoms with E-state index >= 15 is 0 Å². The molecule has 1 amide bonds. The average Bonchev–Trinajstić information content (AvgIpc) is 2.74. The highest BCUT2D eigenvalue weighted by Crippen LogP contribution is 2.26. The van der Waals surface area contributed by atoms with E-state index in [2.05, 4.69) is 12.1 Å². The van der Waals surface area contributed by atoms with Crippen LogP contribution in [0.1, 0.15) is 12.5 Å². The van der Waals surface area contributed by atoms with Crippen molar-refractivity contribution in [2.75, 3.05) is 33.3 Å². The lowest BCUT2D eigenvalue weighted by Crippen LogP contribution is -3.13. The van der Waals surface area contributed by atoms with Crippen LogP contribution in [0.3, 0.4) is 0 Å². The number of non-ortho nitro benzene ring substituents is 1. The minimum Gasteiger partial charge on any atom is -0.497 e. The number of hydrogen-bond donors (Lipinski definition) is 1. The fourth-order valence-electron chi connectivity index (χ4n) is 3.41. The van der Waals surface area contributed by atoms with E-state index in [0.717, 1.165) is 43.4 Å². The van der Waals surface area contributed by atoms with E-state index in [4.69, 9.17) is 4.74 Å². The smallest absolute Gasteiger partial charge is 0.269 e. The lowest BCUT2D eigenvalue weighted by Gasteiger charge is -2.33. The molecule has 1 aliphatic rings. The second kappa shape index (κ2) is 9.76. The minimum absolute atomic E-state index is 0.0595. The molecule has 0 radical (unpaired) electrons. The fourth-order valence-corrected chi connectivity index (χ4v) is 4.36. The number of carbonyl (C=O) groups is 1. The van der Waals surface area contributed by atoms with E-state index in [1.165, 1.54) is 34.4 Å². The molecule has 1 aliphatic heterocycles. The first-order valence-electron chi connectivity index (χ1n) is 9.62. The number of rotatable bonds is 7. The van der Waals surface area contributed by atoms with Crippen molar-refractivity contribution >= 4 is 23.4 Å². The van der Waals surface area contributed by atoms with Crippen LogP contribution in [0.15, 0.2) is 53.4 Å². The molecule has 1 heterocycles. The maximum atomic E-state index is 12.8. The molecule has 3 rings (SSSR count). The third kappa shape index (κ3) is 5.71. The van der Waals surface area contributed by atoms with Crippen LogP contribution < -0.4 is 9.64 Å². The molecular weight excluding hydrogens is 390 g/mol. The fraction of sp³-hybridized carbons (Fsp3) is 0.381. The molecule has 0 bridgehead atoms. The highest BCUT2D eigenvalue weighted by molar-refractivity contribution is 8.00. The first kappa shape index (κ1) is 21.1. The maximum absolute atomic E-state index is 12.8. The van der Waals surface area contributed by atoms with Crippen LogP contribution >= 0.6 is 11.8 Å². The Morgan fingerprint density at radius 3 is 2.34 bits per heavy atom. The number of piperazine rings is 1. The van der Waals surface area contributed by atoms with E-state index in [9.17, 15) is 14.9 Å². The molecule has 2 aromatic carbocycles. The highest BCUT2D eigenvalue weighted by atomic mass is 32.2. The summed E-state index contributed by atoms with van der Waals surface area (Å²) in [6, 6.07) is 14.5. The number of nitrogens with zero attached hydrogens (tertiary/aromatic N) is 2. The summed E-state index contributed by atoms with van der Waals surface area (Å²) >= 11 is 1.44. The standard InChI is InChI=1S/C21H25N3O4S/c1-16(29-20-9-5-18(6-10-20)24(26)27)21(25)23-13-11-22(12-14-23)15-17-3-7-19(28-2)8-4-17/h3-10,16H,11-15H2,1-2H3/p+1/t16-/m0/s1. The van der Waals surface area contributed by atoms with Crippen molar-refractivity contribution in [2.45, 2.75) is 23.6 Å². The van der Waals surface area contributed by atoms with Gasteiger partial charge in [0.1, 0.15) is 12.3 Å². The SMILES string of the molecule is COc1ccc(C[NH+]2CCN(C(=O)[C@H](C)Sc3ccc([N+](=O)[O-])cc3)CC2)cc1. The van der Waals surface area contributed by atoms with Crippen molar-refractivity contribution in [1.29, 1.82) is 0 Å². The summed E-state index contributed by atoms with van der Waals surface area (Å²) in [4.78, 5) is 27.4. The van der Waals surface area contributed by atoms with Gasteiger partial charge < -0.3 is 14.5 Å². The lowest BCUT2D eigenvalue weighted by atomic mass is 10.2. The third-order valence-corrected chi connectivity index (χ3v) is 6.20. The van der Waals surface area contributed by atoms with E-state index in [-0.39, 0.29) is 16.8 Å². The number of methoxy groups -OCH3 is 1. The largest absolute Gasteiger partial charge is 0.497 e. The summed E-state index contributed by atoms with van der Waals surface area (Å²) < 4.78 is 5.20. The van der Waals surface area contributed by atoms with Gasteiger partial charge in [-0.2, -0.15) is 0 Å². The molecule has 0 saturated carbocycles. The Hall–Kier alpha value is -2.58. The van der Waals surface area contributed by atoms with E-state index in [0.29, 0.717) is 0 Å². The molecule has 0 unspecified atom stereocenters. The van der Waals surface area contributed by atoms with Gasteiger partial charge in [-0.25, -0.2) is 0 Å². The van der Waals surface area contributed by atoms with Gasteiger partial charge in [0.25, 0.3) is 5.69 Å². The summed E-state index contributed by atoms with van der Waals surface area (Å²) in [5, 5.41) is 10.5. The summed E-state index contributed by atoms with van der Waals surface area (Å²) in [6.45, 7) is 6.18. The zero-order valence-electron chi connectivity index (χ0n) is 16.7. The van der Waals surface area contributed by atoms with Gasteiger partial charge in [-0.05, 0) is 43.3 Å². The Balaban J connectivity index is 1.47. The van der Waals surface area contributed by atoms with E-state index in [1.807, 2.05) is 24.0 Å². The molecule has 1 fully saturated rings. The van der Waals surface area contributed by atoms with Crippen LogP contribution in [-0.4, -0.2) is 54.3 Å². The predicted molar refractivity (Wildman–Crippen MR) is 112 cm³/mol. The van der Waals surface area contributed by atoms with Crippen molar-refractivity contribution in [2.24, 2.45) is 0 Å². The molecule has 8 heteroatoms. The number of nitro benzene ring substituents is 1. The third-order valence-electron chi connectivity index (χ3n) is 5.10. The first-order chi connectivity index (χ1) is 14.0. The first-order valence-corrected chi connectivity index (χ1v) is 10.5. The molecule has 29 heavy (non-hydrogen) atoms. The van der Waals surface area contributed by atoms with E-state index in [1.54, 1.807) is 19.2 Å². The molecule has 0 aliphatic carbocycles. The minimum atomic E-state index is -0.420. The second-order valence-electron chi connectivity index (χ2n) is 7.11. The van der Waals surface area contributed by atoms with Crippen molar-refractivity contribution < 1.29 is 19.4 Å². The Kier molecular flexibility index (Phi) is 7.11. The van der Waals surface area contributed by atoms with Crippen molar-refractivity contribution in [3.8, 4) is 5.75 Å². The number of benzene rings is 2. The number of nitro groups is 1. The number of carbonyl (C=O) groups excluding carboxylic acids is 1. The summed E-state index contributed by atoms with van der Waals surface area (Å²) in [5.41, 5.74) is 1.33. The number of quaternary nitrogens is 1. The van der Waals surface area contributed by atoms with Gasteiger partial charge in [-0.1, -0.05) is 0 Å². The quantitative estimate of drug-likeness (QED) is 0.425. The molecule has 1 atom stereocenters. The molecule has 154 valence electrons. The Labute approximate surface area is 174 Å². The van der Waals surface area contributed by atoms with Crippen molar-refractivity contribution in [3.05, 3.63) is 64.2 Å². The van der Waals surface area contributed by atoms with Crippen LogP contribution in [-0.2, 0) is 11.3 Å². The summed E-state index contributed by atoms with van der Waals surface area (Å²) in [6.07, 6.45) is 0. The molecule has 0 aromatic heterocycles. The summed E-state index contributed by atoms with van der Waals surface area (Å²) in [7, 11) is 1.66. The number of nitrogens with one attached hydrogen (secondary N) is 1. The molecule has 0 spiro atoms. The van der Waals surface area contributed by atoms with Gasteiger partial charge in [-0.3, -0.25) is 14.9 Å². The van der Waals surface area contributed by atoms with Crippen LogP contribution in [0.5, 0.6) is 5.75 Å². The molecule has 1 saturated heterocycles. The molecule has 1 N–H and O–H groups in total. The second-order valence-corrected chi connectivity index (χ2v) is 8.53. The molecule has 7 nitrogen and oxygen atoms in total.